The van der Waals surface area contributed by atoms with E-state index in [1.165, 1.54) is 6.07 Å². The number of nitrogens with two attached hydrogens (primary N) is 1. The van der Waals surface area contributed by atoms with Crippen molar-refractivity contribution in [3.8, 4) is 11.3 Å². The standard InChI is InChI=1S/C15H12F3N3/c1-9-4-3-7-21-13(19)12(20-14(9)21)10-5-2-6-11(8-10)15(16,17)18/h2-8H,19H2,1H3. The molecule has 0 bridgehead atoms. The molecule has 0 amide bonds. The summed E-state index contributed by atoms with van der Waals surface area (Å²) in [7, 11) is 0. The minimum Gasteiger partial charge on any atom is -0.383 e. The van der Waals surface area contributed by atoms with Gasteiger partial charge in [0.1, 0.15) is 17.2 Å². The van der Waals surface area contributed by atoms with Gasteiger partial charge in [-0.3, -0.25) is 4.40 Å². The van der Waals surface area contributed by atoms with Crippen molar-refractivity contribution < 1.29 is 13.2 Å². The number of alkyl halides is 3. The van der Waals surface area contributed by atoms with E-state index in [1.807, 2.05) is 19.1 Å². The van der Waals surface area contributed by atoms with Crippen LogP contribution in [0.5, 0.6) is 0 Å². The Bertz CT molecular complexity index is 819. The van der Waals surface area contributed by atoms with Crippen LogP contribution in [0.3, 0.4) is 0 Å². The molecule has 3 aromatic rings. The van der Waals surface area contributed by atoms with Gasteiger partial charge in [-0.15, -0.1) is 0 Å². The molecule has 0 atom stereocenters. The Labute approximate surface area is 118 Å². The molecule has 6 heteroatoms. The molecule has 3 rings (SSSR count). The molecule has 3 nitrogen and oxygen atoms in total. The summed E-state index contributed by atoms with van der Waals surface area (Å²) in [4.78, 5) is 4.38. The normalized spacial score (nSPS) is 12.0. The average molecular weight is 291 g/mol. The number of hydrogen-bond acceptors (Lipinski definition) is 2. The lowest BCUT2D eigenvalue weighted by atomic mass is 10.1. The summed E-state index contributed by atoms with van der Waals surface area (Å²) in [6.45, 7) is 1.87. The SMILES string of the molecule is Cc1cccn2c(N)c(-c3cccc(C(F)(F)F)c3)nc12. The number of rotatable bonds is 1. The van der Waals surface area contributed by atoms with Crippen LogP contribution >= 0.6 is 0 Å². The molecule has 108 valence electrons. The van der Waals surface area contributed by atoms with E-state index in [1.54, 1.807) is 16.7 Å². The van der Waals surface area contributed by atoms with E-state index >= 15 is 0 Å². The van der Waals surface area contributed by atoms with Gasteiger partial charge in [0.05, 0.1) is 5.56 Å². The Balaban J connectivity index is 2.22. The lowest BCUT2D eigenvalue weighted by molar-refractivity contribution is -0.137. The molecule has 2 heterocycles. The zero-order chi connectivity index (χ0) is 15.2. The van der Waals surface area contributed by atoms with E-state index in [4.69, 9.17) is 5.73 Å². The van der Waals surface area contributed by atoms with Crippen LogP contribution < -0.4 is 5.73 Å². The quantitative estimate of drug-likeness (QED) is 0.738. The number of fused-ring (bicyclic) bond motifs is 1. The van der Waals surface area contributed by atoms with Gasteiger partial charge in [0.15, 0.2) is 0 Å². The van der Waals surface area contributed by atoms with E-state index in [2.05, 4.69) is 4.98 Å². The number of nitrogen functional groups attached to an aromatic ring is 1. The number of aromatic nitrogens is 2. The first-order chi connectivity index (χ1) is 9.88. The molecule has 0 fully saturated rings. The van der Waals surface area contributed by atoms with Crippen LogP contribution in [0.25, 0.3) is 16.9 Å². The summed E-state index contributed by atoms with van der Waals surface area (Å²) in [5, 5.41) is 0. The van der Waals surface area contributed by atoms with E-state index in [0.29, 0.717) is 22.7 Å². The number of halogens is 3. The van der Waals surface area contributed by atoms with Gasteiger partial charge >= 0.3 is 6.18 Å². The molecular formula is C15H12F3N3. The molecule has 0 unspecified atom stereocenters. The number of anilines is 1. The third-order valence-electron chi connectivity index (χ3n) is 3.35. The fourth-order valence-corrected chi connectivity index (χ4v) is 2.28. The summed E-state index contributed by atoms with van der Waals surface area (Å²) >= 11 is 0. The number of hydrogen-bond donors (Lipinski definition) is 1. The molecule has 21 heavy (non-hydrogen) atoms. The molecule has 0 spiro atoms. The molecule has 2 aromatic heterocycles. The Hall–Kier alpha value is -2.50. The Morgan fingerprint density at radius 1 is 1.14 bits per heavy atom. The first-order valence-corrected chi connectivity index (χ1v) is 6.28. The zero-order valence-electron chi connectivity index (χ0n) is 11.1. The lowest BCUT2D eigenvalue weighted by Gasteiger charge is -2.07. The van der Waals surface area contributed by atoms with Crippen LogP contribution in [-0.2, 0) is 6.18 Å². The van der Waals surface area contributed by atoms with E-state index in [0.717, 1.165) is 17.7 Å². The molecule has 0 aliphatic carbocycles. The molecule has 0 saturated carbocycles. The van der Waals surface area contributed by atoms with Crippen LogP contribution in [0.4, 0.5) is 19.0 Å². The van der Waals surface area contributed by atoms with Crippen LogP contribution in [-0.4, -0.2) is 9.38 Å². The van der Waals surface area contributed by atoms with Gasteiger partial charge in [-0.1, -0.05) is 18.2 Å². The highest BCUT2D eigenvalue weighted by atomic mass is 19.4. The maximum absolute atomic E-state index is 12.8. The van der Waals surface area contributed by atoms with Gasteiger partial charge in [0.2, 0.25) is 0 Å². The fourth-order valence-electron chi connectivity index (χ4n) is 2.28. The van der Waals surface area contributed by atoms with E-state index < -0.39 is 11.7 Å². The minimum absolute atomic E-state index is 0.327. The molecule has 0 radical (unpaired) electrons. The fraction of sp³-hybridized carbons (Fsp3) is 0.133. The molecule has 0 saturated heterocycles. The van der Waals surface area contributed by atoms with Crippen LogP contribution in [0.15, 0.2) is 42.6 Å². The number of benzene rings is 1. The molecular weight excluding hydrogens is 279 g/mol. The topological polar surface area (TPSA) is 43.3 Å². The van der Waals surface area contributed by atoms with Crippen molar-refractivity contribution in [1.29, 1.82) is 0 Å². The first-order valence-electron chi connectivity index (χ1n) is 6.28. The Kier molecular flexibility index (Phi) is 2.90. The number of aryl methyl sites for hydroxylation is 1. The number of nitrogens with zero attached hydrogens (tertiary/aromatic N) is 2. The summed E-state index contributed by atoms with van der Waals surface area (Å²) < 4.78 is 40.1. The second-order valence-electron chi connectivity index (χ2n) is 4.81. The van der Waals surface area contributed by atoms with Gasteiger partial charge in [-0.2, -0.15) is 13.2 Å². The van der Waals surface area contributed by atoms with Gasteiger partial charge in [0, 0.05) is 11.8 Å². The summed E-state index contributed by atoms with van der Waals surface area (Å²) in [5.74, 6) is 0.327. The van der Waals surface area contributed by atoms with E-state index in [-0.39, 0.29) is 0 Å². The number of pyridine rings is 1. The van der Waals surface area contributed by atoms with Crippen molar-refractivity contribution >= 4 is 11.5 Å². The van der Waals surface area contributed by atoms with Gasteiger partial charge in [-0.05, 0) is 30.7 Å². The molecule has 2 N–H and O–H groups in total. The first kappa shape index (κ1) is 13.5. The highest BCUT2D eigenvalue weighted by Gasteiger charge is 2.30. The summed E-state index contributed by atoms with van der Waals surface area (Å²) in [6.07, 6.45) is -2.65. The highest BCUT2D eigenvalue weighted by molar-refractivity contribution is 5.76. The van der Waals surface area contributed by atoms with Crippen molar-refractivity contribution in [2.75, 3.05) is 5.73 Å². The lowest BCUT2D eigenvalue weighted by Crippen LogP contribution is -2.04. The van der Waals surface area contributed by atoms with Crippen molar-refractivity contribution in [2.24, 2.45) is 0 Å². The average Bonchev–Trinajstić information content (AvgIpc) is 2.77. The monoisotopic (exact) mass is 291 g/mol. The smallest absolute Gasteiger partial charge is 0.383 e. The van der Waals surface area contributed by atoms with Crippen molar-refractivity contribution in [3.05, 3.63) is 53.7 Å². The largest absolute Gasteiger partial charge is 0.416 e. The number of imidazole rings is 1. The van der Waals surface area contributed by atoms with Crippen LogP contribution in [0.1, 0.15) is 11.1 Å². The van der Waals surface area contributed by atoms with Crippen LogP contribution in [0, 0.1) is 6.92 Å². The van der Waals surface area contributed by atoms with Crippen molar-refractivity contribution in [1.82, 2.24) is 9.38 Å². The maximum atomic E-state index is 12.8. The highest BCUT2D eigenvalue weighted by Crippen LogP contribution is 2.34. The summed E-state index contributed by atoms with van der Waals surface area (Å²) in [5.41, 5.74) is 7.56. The second-order valence-corrected chi connectivity index (χ2v) is 4.81. The van der Waals surface area contributed by atoms with Gasteiger partial charge in [0.25, 0.3) is 0 Å². The maximum Gasteiger partial charge on any atom is 0.416 e. The zero-order valence-corrected chi connectivity index (χ0v) is 11.1. The van der Waals surface area contributed by atoms with Crippen molar-refractivity contribution in [2.45, 2.75) is 13.1 Å². The van der Waals surface area contributed by atoms with Crippen molar-refractivity contribution in [3.63, 3.8) is 0 Å². The summed E-state index contributed by atoms with van der Waals surface area (Å²) in [6, 6.07) is 8.71. The van der Waals surface area contributed by atoms with E-state index in [9.17, 15) is 13.2 Å². The third kappa shape index (κ3) is 2.22. The molecule has 0 aliphatic heterocycles. The molecule has 1 aromatic carbocycles. The predicted molar refractivity (Wildman–Crippen MR) is 74.8 cm³/mol. The predicted octanol–water partition coefficient (Wildman–Crippen LogP) is 3.91. The second kappa shape index (κ2) is 4.51. The molecule has 0 aliphatic rings. The Morgan fingerprint density at radius 2 is 1.90 bits per heavy atom. The van der Waals surface area contributed by atoms with Gasteiger partial charge in [-0.25, -0.2) is 4.98 Å². The van der Waals surface area contributed by atoms with Gasteiger partial charge < -0.3 is 5.73 Å². The minimum atomic E-state index is -4.39. The Morgan fingerprint density at radius 3 is 2.57 bits per heavy atom. The van der Waals surface area contributed by atoms with Crippen LogP contribution in [0.2, 0.25) is 0 Å². The third-order valence-corrected chi connectivity index (χ3v) is 3.35.